The van der Waals surface area contributed by atoms with Gasteiger partial charge < -0.3 is 10.6 Å². The molecular formula is C13H21ClN2. The largest absolute Gasteiger partial charge is 0.372 e. The van der Waals surface area contributed by atoms with Crippen LogP contribution in [0.15, 0.2) is 18.2 Å². The smallest absolute Gasteiger partial charge is 0.0471 e. The van der Waals surface area contributed by atoms with Crippen LogP contribution in [0.5, 0.6) is 0 Å². The number of nitrogens with zero attached hydrogens (tertiary/aromatic N) is 1. The minimum absolute atomic E-state index is 0.486. The van der Waals surface area contributed by atoms with Gasteiger partial charge in [0.25, 0.3) is 0 Å². The molecule has 1 rings (SSSR count). The van der Waals surface area contributed by atoms with E-state index < -0.39 is 0 Å². The van der Waals surface area contributed by atoms with Gasteiger partial charge in [0, 0.05) is 30.3 Å². The summed E-state index contributed by atoms with van der Waals surface area (Å²) in [5.74, 6) is 0.609. The van der Waals surface area contributed by atoms with E-state index in [9.17, 15) is 0 Å². The summed E-state index contributed by atoms with van der Waals surface area (Å²) in [5.41, 5.74) is 7.73. The molecule has 1 unspecified atom stereocenters. The lowest BCUT2D eigenvalue weighted by Gasteiger charge is -2.30. The fourth-order valence-electron chi connectivity index (χ4n) is 1.60. The zero-order valence-corrected chi connectivity index (χ0v) is 11.3. The van der Waals surface area contributed by atoms with Crippen molar-refractivity contribution >= 4 is 17.3 Å². The summed E-state index contributed by atoms with van der Waals surface area (Å²) in [6.45, 7) is 7.14. The van der Waals surface area contributed by atoms with Gasteiger partial charge in [0.2, 0.25) is 0 Å². The minimum Gasteiger partial charge on any atom is -0.372 e. The van der Waals surface area contributed by atoms with E-state index in [-0.39, 0.29) is 0 Å². The van der Waals surface area contributed by atoms with Gasteiger partial charge in [0.15, 0.2) is 0 Å². The van der Waals surface area contributed by atoms with Crippen LogP contribution >= 0.6 is 11.6 Å². The molecule has 16 heavy (non-hydrogen) atoms. The zero-order chi connectivity index (χ0) is 12.3. The average Bonchev–Trinajstić information content (AvgIpc) is 2.26. The molecule has 90 valence electrons. The van der Waals surface area contributed by atoms with E-state index in [1.54, 1.807) is 0 Å². The van der Waals surface area contributed by atoms with E-state index in [0.29, 0.717) is 18.5 Å². The lowest BCUT2D eigenvalue weighted by Crippen LogP contribution is -2.33. The lowest BCUT2D eigenvalue weighted by atomic mass is 10.0. The Labute approximate surface area is 103 Å². The average molecular weight is 241 g/mol. The number of benzene rings is 1. The molecule has 0 aliphatic carbocycles. The highest BCUT2D eigenvalue weighted by Crippen LogP contribution is 2.25. The predicted molar refractivity (Wildman–Crippen MR) is 72.0 cm³/mol. The molecule has 2 nitrogen and oxygen atoms in total. The molecular weight excluding hydrogens is 220 g/mol. The van der Waals surface area contributed by atoms with Crippen molar-refractivity contribution in [2.24, 2.45) is 11.7 Å². The third kappa shape index (κ3) is 2.89. The van der Waals surface area contributed by atoms with Gasteiger partial charge in [0.05, 0.1) is 0 Å². The number of anilines is 1. The third-order valence-corrected chi connectivity index (χ3v) is 3.59. The van der Waals surface area contributed by atoms with Crippen LogP contribution in [0.25, 0.3) is 0 Å². The van der Waals surface area contributed by atoms with Crippen LogP contribution in [-0.2, 0) is 6.54 Å². The molecule has 0 saturated carbocycles. The Morgan fingerprint density at radius 3 is 2.38 bits per heavy atom. The maximum Gasteiger partial charge on any atom is 0.0471 e. The van der Waals surface area contributed by atoms with Gasteiger partial charge in [-0.25, -0.2) is 0 Å². The van der Waals surface area contributed by atoms with Crippen LogP contribution in [0.3, 0.4) is 0 Å². The molecule has 0 bridgehead atoms. The molecule has 1 aromatic rings. The summed E-state index contributed by atoms with van der Waals surface area (Å²) >= 11 is 6.15. The second-order valence-corrected chi connectivity index (χ2v) is 4.98. The Bertz CT molecular complexity index is 350. The number of nitrogens with two attached hydrogens (primary N) is 1. The Hall–Kier alpha value is -0.730. The fourth-order valence-corrected chi connectivity index (χ4v) is 1.86. The molecule has 0 amide bonds. The topological polar surface area (TPSA) is 29.3 Å². The van der Waals surface area contributed by atoms with E-state index >= 15 is 0 Å². The molecule has 0 aliphatic rings. The molecule has 3 heteroatoms. The molecule has 0 aliphatic heterocycles. The van der Waals surface area contributed by atoms with Crippen molar-refractivity contribution in [2.75, 3.05) is 11.9 Å². The molecule has 1 atom stereocenters. The highest BCUT2D eigenvalue weighted by molar-refractivity contribution is 6.31. The van der Waals surface area contributed by atoms with E-state index in [0.717, 1.165) is 16.3 Å². The first kappa shape index (κ1) is 13.3. The molecule has 1 aromatic carbocycles. The summed E-state index contributed by atoms with van der Waals surface area (Å²) in [6, 6.07) is 6.55. The van der Waals surface area contributed by atoms with Gasteiger partial charge in [-0.05, 0) is 30.5 Å². The van der Waals surface area contributed by atoms with Crippen molar-refractivity contribution in [1.29, 1.82) is 0 Å². The van der Waals surface area contributed by atoms with Gasteiger partial charge in [-0.2, -0.15) is 0 Å². The first-order valence-electron chi connectivity index (χ1n) is 5.68. The molecule has 0 fully saturated rings. The first-order chi connectivity index (χ1) is 7.47. The Morgan fingerprint density at radius 2 is 1.94 bits per heavy atom. The molecule has 0 saturated heterocycles. The Kier molecular flexibility index (Phi) is 4.63. The summed E-state index contributed by atoms with van der Waals surface area (Å²) < 4.78 is 0. The van der Waals surface area contributed by atoms with Crippen molar-refractivity contribution in [3.63, 3.8) is 0 Å². The maximum absolute atomic E-state index is 6.15. The van der Waals surface area contributed by atoms with Crippen molar-refractivity contribution in [3.05, 3.63) is 28.8 Å². The van der Waals surface area contributed by atoms with Gasteiger partial charge in [0.1, 0.15) is 0 Å². The van der Waals surface area contributed by atoms with Crippen LogP contribution in [0.4, 0.5) is 5.69 Å². The molecule has 2 N–H and O–H groups in total. The van der Waals surface area contributed by atoms with Crippen molar-refractivity contribution in [1.82, 2.24) is 0 Å². The lowest BCUT2D eigenvalue weighted by molar-refractivity contribution is 0.505. The van der Waals surface area contributed by atoms with Crippen molar-refractivity contribution in [2.45, 2.75) is 33.4 Å². The fraction of sp³-hybridized carbons (Fsp3) is 0.538. The second kappa shape index (κ2) is 5.55. The van der Waals surface area contributed by atoms with Crippen LogP contribution in [0.1, 0.15) is 26.3 Å². The van der Waals surface area contributed by atoms with Gasteiger partial charge >= 0.3 is 0 Å². The predicted octanol–water partition coefficient (Wildman–Crippen LogP) is 3.28. The Morgan fingerprint density at radius 1 is 1.31 bits per heavy atom. The SMILES string of the molecule is CC(C)C(C)N(C)c1ccc(CN)c(Cl)c1. The first-order valence-corrected chi connectivity index (χ1v) is 6.06. The molecule has 0 radical (unpaired) electrons. The van der Waals surface area contributed by atoms with Crippen molar-refractivity contribution < 1.29 is 0 Å². The summed E-state index contributed by atoms with van der Waals surface area (Å²) in [7, 11) is 2.10. The minimum atomic E-state index is 0.486. The molecule has 0 heterocycles. The molecule has 0 aromatic heterocycles. The second-order valence-electron chi connectivity index (χ2n) is 4.58. The maximum atomic E-state index is 6.15. The van der Waals surface area contributed by atoms with Crippen LogP contribution in [0, 0.1) is 5.92 Å². The van der Waals surface area contributed by atoms with E-state index in [2.05, 4.69) is 38.8 Å². The Balaban J connectivity index is 2.92. The van der Waals surface area contributed by atoms with E-state index in [1.807, 2.05) is 12.1 Å². The van der Waals surface area contributed by atoms with E-state index in [4.69, 9.17) is 17.3 Å². The normalized spacial score (nSPS) is 12.9. The number of halogens is 1. The van der Waals surface area contributed by atoms with Crippen LogP contribution in [0.2, 0.25) is 5.02 Å². The highest BCUT2D eigenvalue weighted by Gasteiger charge is 2.14. The monoisotopic (exact) mass is 240 g/mol. The van der Waals surface area contributed by atoms with Gasteiger partial charge in [-0.15, -0.1) is 0 Å². The zero-order valence-electron chi connectivity index (χ0n) is 10.5. The number of hydrogen-bond acceptors (Lipinski definition) is 2. The third-order valence-electron chi connectivity index (χ3n) is 3.24. The van der Waals surface area contributed by atoms with Gasteiger partial charge in [-0.3, -0.25) is 0 Å². The van der Waals surface area contributed by atoms with E-state index in [1.165, 1.54) is 0 Å². The molecule has 0 spiro atoms. The van der Waals surface area contributed by atoms with Crippen molar-refractivity contribution in [3.8, 4) is 0 Å². The van der Waals surface area contributed by atoms with Crippen LogP contribution < -0.4 is 10.6 Å². The quantitative estimate of drug-likeness (QED) is 0.875. The van der Waals surface area contributed by atoms with Gasteiger partial charge in [-0.1, -0.05) is 31.5 Å². The highest BCUT2D eigenvalue weighted by atomic mass is 35.5. The summed E-state index contributed by atoms with van der Waals surface area (Å²) in [5, 5.41) is 0.753. The number of rotatable bonds is 4. The summed E-state index contributed by atoms with van der Waals surface area (Å²) in [4.78, 5) is 2.25. The summed E-state index contributed by atoms with van der Waals surface area (Å²) in [6.07, 6.45) is 0. The number of hydrogen-bond donors (Lipinski definition) is 1. The van der Waals surface area contributed by atoms with Crippen LogP contribution in [-0.4, -0.2) is 13.1 Å². The standard InChI is InChI=1S/C13H21ClN2/c1-9(2)10(3)16(4)12-6-5-11(8-15)13(14)7-12/h5-7,9-10H,8,15H2,1-4H3.